The second-order valence-electron chi connectivity index (χ2n) is 4.78. The second-order valence-corrected chi connectivity index (χ2v) is 4.78. The molecule has 1 unspecified atom stereocenters. The highest BCUT2D eigenvalue weighted by Gasteiger charge is 2.14. The van der Waals surface area contributed by atoms with Crippen LogP contribution in [0.4, 0.5) is 14.5 Å². The smallest absolute Gasteiger partial charge is 0.241 e. The highest BCUT2D eigenvalue weighted by Crippen LogP contribution is 2.13. The molecule has 3 nitrogen and oxygen atoms in total. The van der Waals surface area contributed by atoms with Gasteiger partial charge in [-0.05, 0) is 30.5 Å². The number of rotatable bonds is 5. The SMILES string of the molecule is NC(CCc1ccccc1)C(=O)Nc1cc(F)cc(F)c1. The number of amides is 1. The van der Waals surface area contributed by atoms with Gasteiger partial charge in [0.25, 0.3) is 0 Å². The minimum absolute atomic E-state index is 0.0626. The highest BCUT2D eigenvalue weighted by molar-refractivity contribution is 5.94. The summed E-state index contributed by atoms with van der Waals surface area (Å²) in [7, 11) is 0. The van der Waals surface area contributed by atoms with Gasteiger partial charge in [-0.1, -0.05) is 30.3 Å². The predicted molar refractivity (Wildman–Crippen MR) is 77.7 cm³/mol. The molecule has 0 fully saturated rings. The molecular formula is C16H16F2N2O. The fraction of sp³-hybridized carbons (Fsp3) is 0.188. The Labute approximate surface area is 121 Å². The van der Waals surface area contributed by atoms with Crippen LogP contribution in [0.1, 0.15) is 12.0 Å². The van der Waals surface area contributed by atoms with E-state index < -0.39 is 23.6 Å². The summed E-state index contributed by atoms with van der Waals surface area (Å²) in [6.45, 7) is 0. The van der Waals surface area contributed by atoms with Gasteiger partial charge in [-0.3, -0.25) is 4.79 Å². The first-order valence-corrected chi connectivity index (χ1v) is 6.61. The predicted octanol–water partition coefficient (Wildman–Crippen LogP) is 2.86. The summed E-state index contributed by atoms with van der Waals surface area (Å²) in [6, 6.07) is 11.7. The maximum atomic E-state index is 13.0. The molecule has 1 atom stereocenters. The lowest BCUT2D eigenvalue weighted by Crippen LogP contribution is -2.36. The number of hydrogen-bond donors (Lipinski definition) is 2. The van der Waals surface area contributed by atoms with Crippen LogP contribution >= 0.6 is 0 Å². The average molecular weight is 290 g/mol. The first-order chi connectivity index (χ1) is 10.0. The van der Waals surface area contributed by atoms with E-state index in [-0.39, 0.29) is 5.69 Å². The number of nitrogens with two attached hydrogens (primary N) is 1. The van der Waals surface area contributed by atoms with Crippen LogP contribution in [0.5, 0.6) is 0 Å². The van der Waals surface area contributed by atoms with Crippen molar-refractivity contribution in [3.8, 4) is 0 Å². The van der Waals surface area contributed by atoms with E-state index >= 15 is 0 Å². The number of carbonyl (C=O) groups is 1. The summed E-state index contributed by atoms with van der Waals surface area (Å²) in [6.07, 6.45) is 1.11. The first-order valence-electron chi connectivity index (χ1n) is 6.61. The zero-order chi connectivity index (χ0) is 15.2. The summed E-state index contributed by atoms with van der Waals surface area (Å²) in [5, 5.41) is 2.42. The molecule has 3 N–H and O–H groups in total. The third kappa shape index (κ3) is 4.65. The van der Waals surface area contributed by atoms with Crippen molar-refractivity contribution in [2.24, 2.45) is 5.73 Å². The van der Waals surface area contributed by atoms with Gasteiger partial charge in [0.2, 0.25) is 5.91 Å². The Bertz CT molecular complexity index is 597. The maximum absolute atomic E-state index is 13.0. The molecule has 2 aromatic rings. The van der Waals surface area contributed by atoms with Crippen molar-refractivity contribution in [2.45, 2.75) is 18.9 Å². The minimum Gasteiger partial charge on any atom is -0.325 e. The van der Waals surface area contributed by atoms with Gasteiger partial charge in [-0.25, -0.2) is 8.78 Å². The Kier molecular flexibility index (Phi) is 5.00. The molecule has 1 amide bonds. The fourth-order valence-electron chi connectivity index (χ4n) is 1.96. The van der Waals surface area contributed by atoms with E-state index in [1.54, 1.807) is 0 Å². The van der Waals surface area contributed by atoms with Crippen molar-refractivity contribution >= 4 is 11.6 Å². The fourth-order valence-corrected chi connectivity index (χ4v) is 1.96. The summed E-state index contributed by atoms with van der Waals surface area (Å²) in [5.41, 5.74) is 6.93. The molecule has 0 aliphatic rings. The van der Waals surface area contributed by atoms with Crippen LogP contribution in [-0.4, -0.2) is 11.9 Å². The number of carbonyl (C=O) groups excluding carboxylic acids is 1. The Morgan fingerprint density at radius 1 is 1.10 bits per heavy atom. The number of anilines is 1. The van der Waals surface area contributed by atoms with Gasteiger partial charge in [0.15, 0.2) is 0 Å². The zero-order valence-electron chi connectivity index (χ0n) is 11.4. The average Bonchev–Trinajstić information content (AvgIpc) is 2.44. The second kappa shape index (κ2) is 6.95. The summed E-state index contributed by atoms with van der Waals surface area (Å²) < 4.78 is 26.1. The van der Waals surface area contributed by atoms with E-state index in [9.17, 15) is 13.6 Å². The largest absolute Gasteiger partial charge is 0.325 e. The lowest BCUT2D eigenvalue weighted by atomic mass is 10.1. The van der Waals surface area contributed by atoms with Crippen molar-refractivity contribution in [1.82, 2.24) is 0 Å². The monoisotopic (exact) mass is 290 g/mol. The summed E-state index contributed by atoms with van der Waals surface area (Å²) in [4.78, 5) is 11.9. The Hall–Kier alpha value is -2.27. The summed E-state index contributed by atoms with van der Waals surface area (Å²) >= 11 is 0. The van der Waals surface area contributed by atoms with Gasteiger partial charge >= 0.3 is 0 Å². The Morgan fingerprint density at radius 3 is 2.33 bits per heavy atom. The molecule has 2 aromatic carbocycles. The lowest BCUT2D eigenvalue weighted by Gasteiger charge is -2.12. The third-order valence-corrected chi connectivity index (χ3v) is 3.05. The van der Waals surface area contributed by atoms with Gasteiger partial charge in [0.1, 0.15) is 11.6 Å². The molecule has 0 saturated carbocycles. The Morgan fingerprint density at radius 2 is 1.71 bits per heavy atom. The maximum Gasteiger partial charge on any atom is 0.241 e. The normalized spacial score (nSPS) is 12.0. The van der Waals surface area contributed by atoms with E-state index in [2.05, 4.69) is 5.32 Å². The standard InChI is InChI=1S/C16H16F2N2O/c17-12-8-13(18)10-14(9-12)20-16(21)15(19)7-6-11-4-2-1-3-5-11/h1-5,8-10,15H,6-7,19H2,(H,20,21). The van der Waals surface area contributed by atoms with Crippen molar-refractivity contribution in [2.75, 3.05) is 5.32 Å². The van der Waals surface area contributed by atoms with Gasteiger partial charge in [0.05, 0.1) is 6.04 Å². The van der Waals surface area contributed by atoms with Crippen LogP contribution in [0.25, 0.3) is 0 Å². The van der Waals surface area contributed by atoms with E-state index in [1.165, 1.54) is 0 Å². The zero-order valence-corrected chi connectivity index (χ0v) is 11.4. The van der Waals surface area contributed by atoms with Crippen LogP contribution in [0.3, 0.4) is 0 Å². The molecule has 0 heterocycles. The molecule has 0 aliphatic carbocycles. The molecule has 0 spiro atoms. The van der Waals surface area contributed by atoms with Crippen LogP contribution in [0, 0.1) is 11.6 Å². The molecule has 110 valence electrons. The van der Waals surface area contributed by atoms with E-state index in [4.69, 9.17) is 5.73 Å². The number of halogens is 2. The van der Waals surface area contributed by atoms with Crippen LogP contribution < -0.4 is 11.1 Å². The molecule has 0 saturated heterocycles. The summed E-state index contributed by atoms with van der Waals surface area (Å²) in [5.74, 6) is -1.96. The molecule has 0 aromatic heterocycles. The van der Waals surface area contributed by atoms with Crippen molar-refractivity contribution in [3.05, 3.63) is 65.7 Å². The van der Waals surface area contributed by atoms with Gasteiger partial charge in [0, 0.05) is 11.8 Å². The van der Waals surface area contributed by atoms with E-state index in [0.29, 0.717) is 12.8 Å². The molecule has 2 rings (SSSR count). The molecule has 0 bridgehead atoms. The first kappa shape index (κ1) is 15.1. The molecule has 0 radical (unpaired) electrons. The van der Waals surface area contributed by atoms with E-state index in [1.807, 2.05) is 30.3 Å². The lowest BCUT2D eigenvalue weighted by molar-refractivity contribution is -0.117. The van der Waals surface area contributed by atoms with Crippen molar-refractivity contribution in [3.63, 3.8) is 0 Å². The van der Waals surface area contributed by atoms with Crippen molar-refractivity contribution in [1.29, 1.82) is 0 Å². The van der Waals surface area contributed by atoms with Gasteiger partial charge in [-0.15, -0.1) is 0 Å². The highest BCUT2D eigenvalue weighted by atomic mass is 19.1. The number of aryl methyl sites for hydroxylation is 1. The van der Waals surface area contributed by atoms with Gasteiger partial charge in [-0.2, -0.15) is 0 Å². The molecule has 21 heavy (non-hydrogen) atoms. The van der Waals surface area contributed by atoms with E-state index in [0.717, 1.165) is 23.8 Å². The van der Waals surface area contributed by atoms with Gasteiger partial charge < -0.3 is 11.1 Å². The number of hydrogen-bond acceptors (Lipinski definition) is 2. The van der Waals surface area contributed by atoms with Crippen LogP contribution in [0.15, 0.2) is 48.5 Å². The third-order valence-electron chi connectivity index (χ3n) is 3.05. The molecule has 0 aliphatic heterocycles. The van der Waals surface area contributed by atoms with Crippen molar-refractivity contribution < 1.29 is 13.6 Å². The molecular weight excluding hydrogens is 274 g/mol. The van der Waals surface area contributed by atoms with Crippen LogP contribution in [-0.2, 0) is 11.2 Å². The number of benzene rings is 2. The van der Waals surface area contributed by atoms with Crippen LogP contribution in [0.2, 0.25) is 0 Å². The Balaban J connectivity index is 1.90. The number of nitrogens with one attached hydrogen (secondary N) is 1. The minimum atomic E-state index is -0.747. The topological polar surface area (TPSA) is 55.1 Å². The quantitative estimate of drug-likeness (QED) is 0.889. The molecule has 5 heteroatoms.